The van der Waals surface area contributed by atoms with E-state index in [0.717, 1.165) is 22.3 Å². The molecule has 0 aliphatic heterocycles. The molecule has 9 nitrogen and oxygen atoms in total. The number of hydrogen-bond donors (Lipinski definition) is 2. The topological polar surface area (TPSA) is 107 Å². The highest BCUT2D eigenvalue weighted by Gasteiger charge is 2.16. The van der Waals surface area contributed by atoms with Crippen molar-refractivity contribution in [2.45, 2.75) is 13.0 Å². The summed E-state index contributed by atoms with van der Waals surface area (Å²) in [6.07, 6.45) is 6.83. The van der Waals surface area contributed by atoms with Gasteiger partial charge in [-0.2, -0.15) is 5.10 Å². The van der Waals surface area contributed by atoms with Crippen molar-refractivity contribution in [2.24, 2.45) is 0 Å². The normalized spacial score (nSPS) is 11.9. The van der Waals surface area contributed by atoms with E-state index in [9.17, 15) is 4.79 Å². The number of methoxy groups -OCH3 is 1. The molecule has 2 amide bonds. The van der Waals surface area contributed by atoms with Gasteiger partial charge in [0.15, 0.2) is 0 Å². The lowest BCUT2D eigenvalue weighted by molar-refractivity contribution is 0.166. The van der Waals surface area contributed by atoms with Crippen molar-refractivity contribution in [3.05, 3.63) is 72.6 Å². The Morgan fingerprint density at radius 1 is 1.13 bits per heavy atom. The maximum Gasteiger partial charge on any atom is 0.321 e. The van der Waals surface area contributed by atoms with E-state index in [-0.39, 0.29) is 6.04 Å². The molecule has 30 heavy (non-hydrogen) atoms. The highest BCUT2D eigenvalue weighted by atomic mass is 16.5. The molecule has 1 atom stereocenters. The van der Waals surface area contributed by atoms with E-state index in [1.54, 1.807) is 42.6 Å². The second kappa shape index (κ2) is 8.66. The van der Waals surface area contributed by atoms with Crippen LogP contribution in [0.2, 0.25) is 0 Å². The van der Waals surface area contributed by atoms with E-state index in [4.69, 9.17) is 4.74 Å². The fourth-order valence-corrected chi connectivity index (χ4v) is 3.12. The van der Waals surface area contributed by atoms with Crippen molar-refractivity contribution in [3.63, 3.8) is 0 Å². The fraction of sp³-hybridized carbons (Fsp3) is 0.190. The van der Waals surface area contributed by atoms with Gasteiger partial charge in [0.05, 0.1) is 41.9 Å². The predicted octanol–water partition coefficient (Wildman–Crippen LogP) is 3.03. The van der Waals surface area contributed by atoms with Crippen LogP contribution in [-0.2, 0) is 4.74 Å². The number of anilines is 1. The molecule has 0 aliphatic rings. The third kappa shape index (κ3) is 4.26. The number of aryl methyl sites for hydroxylation is 1. The van der Waals surface area contributed by atoms with Gasteiger partial charge in [-0.25, -0.2) is 14.5 Å². The summed E-state index contributed by atoms with van der Waals surface area (Å²) in [6, 6.07) is 10.3. The first kappa shape index (κ1) is 19.5. The number of pyridine rings is 3. The Morgan fingerprint density at radius 3 is 2.80 bits per heavy atom. The van der Waals surface area contributed by atoms with Crippen molar-refractivity contribution >= 4 is 22.8 Å². The van der Waals surface area contributed by atoms with Gasteiger partial charge in [0, 0.05) is 30.6 Å². The summed E-state index contributed by atoms with van der Waals surface area (Å²) >= 11 is 0. The quantitative estimate of drug-likeness (QED) is 0.512. The van der Waals surface area contributed by atoms with Gasteiger partial charge < -0.3 is 10.1 Å². The monoisotopic (exact) mass is 403 g/mol. The molecular weight excluding hydrogens is 382 g/mol. The van der Waals surface area contributed by atoms with Gasteiger partial charge >= 0.3 is 6.03 Å². The molecule has 4 heterocycles. The second-order valence-corrected chi connectivity index (χ2v) is 6.70. The second-order valence-electron chi connectivity index (χ2n) is 6.70. The average molecular weight is 403 g/mol. The number of carbonyl (C=O) groups is 1. The van der Waals surface area contributed by atoms with E-state index in [1.165, 1.54) is 0 Å². The minimum Gasteiger partial charge on any atom is -0.382 e. The number of fused-ring (bicyclic) bond motifs is 1. The summed E-state index contributed by atoms with van der Waals surface area (Å²) in [7, 11) is 1.58. The SMILES string of the molecule is COC[C@H](NC(=O)Nc1cc2cnn(-c3ccnc(C)c3)c2cn1)c1ccccn1. The van der Waals surface area contributed by atoms with Crippen molar-refractivity contribution in [2.75, 3.05) is 19.0 Å². The number of nitrogens with zero attached hydrogens (tertiary/aromatic N) is 5. The maximum atomic E-state index is 12.5. The van der Waals surface area contributed by atoms with Crippen LogP contribution in [-0.4, -0.2) is 44.5 Å². The summed E-state index contributed by atoms with van der Waals surface area (Å²) in [5.74, 6) is 0.419. The summed E-state index contributed by atoms with van der Waals surface area (Å²) in [6.45, 7) is 2.23. The van der Waals surface area contributed by atoms with E-state index in [1.807, 2.05) is 37.3 Å². The Bertz CT molecular complexity index is 1160. The lowest BCUT2D eigenvalue weighted by Gasteiger charge is -2.17. The van der Waals surface area contributed by atoms with Gasteiger partial charge in [-0.05, 0) is 37.3 Å². The summed E-state index contributed by atoms with van der Waals surface area (Å²) in [4.78, 5) is 25.3. The summed E-state index contributed by atoms with van der Waals surface area (Å²) < 4.78 is 6.99. The highest BCUT2D eigenvalue weighted by molar-refractivity contribution is 5.91. The van der Waals surface area contributed by atoms with E-state index < -0.39 is 6.03 Å². The van der Waals surface area contributed by atoms with Crippen LogP contribution in [0.3, 0.4) is 0 Å². The molecule has 0 aromatic carbocycles. The van der Waals surface area contributed by atoms with Gasteiger partial charge in [0.1, 0.15) is 5.82 Å². The Labute approximate surface area is 173 Å². The highest BCUT2D eigenvalue weighted by Crippen LogP contribution is 2.20. The summed E-state index contributed by atoms with van der Waals surface area (Å²) in [5.41, 5.74) is 3.34. The summed E-state index contributed by atoms with van der Waals surface area (Å²) in [5, 5.41) is 10.9. The molecule has 9 heteroatoms. The zero-order chi connectivity index (χ0) is 20.9. The number of urea groups is 1. The Kier molecular flexibility index (Phi) is 5.62. The van der Waals surface area contributed by atoms with Gasteiger partial charge in [-0.1, -0.05) is 6.07 Å². The predicted molar refractivity (Wildman–Crippen MR) is 112 cm³/mol. The minimum atomic E-state index is -0.397. The van der Waals surface area contributed by atoms with Crippen molar-refractivity contribution in [1.82, 2.24) is 30.0 Å². The van der Waals surface area contributed by atoms with Crippen LogP contribution in [0.4, 0.5) is 10.6 Å². The van der Waals surface area contributed by atoms with Gasteiger partial charge in [0.25, 0.3) is 0 Å². The molecule has 0 aliphatic carbocycles. The molecule has 0 radical (unpaired) electrons. The smallest absolute Gasteiger partial charge is 0.321 e. The van der Waals surface area contributed by atoms with Gasteiger partial charge in [-0.3, -0.25) is 15.3 Å². The first-order chi connectivity index (χ1) is 14.6. The van der Waals surface area contributed by atoms with Crippen LogP contribution in [0.1, 0.15) is 17.4 Å². The Balaban J connectivity index is 1.50. The molecule has 0 saturated heterocycles. The number of ether oxygens (including phenoxy) is 1. The molecule has 152 valence electrons. The molecule has 0 unspecified atom stereocenters. The molecular formula is C21H21N7O2. The molecule has 4 aromatic heterocycles. The van der Waals surface area contributed by atoms with Crippen molar-refractivity contribution < 1.29 is 9.53 Å². The Morgan fingerprint density at radius 2 is 2.03 bits per heavy atom. The average Bonchev–Trinajstić information content (AvgIpc) is 3.17. The van der Waals surface area contributed by atoms with Crippen LogP contribution >= 0.6 is 0 Å². The molecule has 0 spiro atoms. The number of hydrogen-bond acceptors (Lipinski definition) is 6. The molecule has 2 N–H and O–H groups in total. The van der Waals surface area contributed by atoms with Gasteiger partial charge in [-0.15, -0.1) is 0 Å². The third-order valence-corrected chi connectivity index (χ3v) is 4.50. The van der Waals surface area contributed by atoms with Crippen LogP contribution in [0.25, 0.3) is 16.6 Å². The zero-order valence-corrected chi connectivity index (χ0v) is 16.6. The zero-order valence-electron chi connectivity index (χ0n) is 16.6. The Hall–Kier alpha value is -3.85. The number of nitrogens with one attached hydrogen (secondary N) is 2. The standard InChI is InChI=1S/C21H21N7O2/c1-14-9-16(6-8-22-14)28-19-12-24-20(10-15(19)11-25-28)27-21(29)26-18(13-30-2)17-5-3-4-7-23-17/h3-12,18H,13H2,1-2H3,(H2,24,26,27,29)/t18-/m0/s1. The molecule has 0 saturated carbocycles. The number of amides is 2. The van der Waals surface area contributed by atoms with Crippen molar-refractivity contribution in [1.29, 1.82) is 0 Å². The molecule has 4 rings (SSSR count). The maximum absolute atomic E-state index is 12.5. The fourth-order valence-electron chi connectivity index (χ4n) is 3.12. The lowest BCUT2D eigenvalue weighted by atomic mass is 10.2. The molecule has 4 aromatic rings. The van der Waals surface area contributed by atoms with Crippen LogP contribution in [0, 0.1) is 6.92 Å². The van der Waals surface area contributed by atoms with E-state index in [2.05, 4.69) is 30.7 Å². The van der Waals surface area contributed by atoms with Crippen LogP contribution < -0.4 is 10.6 Å². The third-order valence-electron chi connectivity index (χ3n) is 4.50. The first-order valence-corrected chi connectivity index (χ1v) is 9.38. The van der Waals surface area contributed by atoms with E-state index in [0.29, 0.717) is 18.1 Å². The largest absolute Gasteiger partial charge is 0.382 e. The number of rotatable bonds is 6. The van der Waals surface area contributed by atoms with Crippen LogP contribution in [0.15, 0.2) is 61.2 Å². The lowest BCUT2D eigenvalue weighted by Crippen LogP contribution is -2.35. The molecule has 0 bridgehead atoms. The number of aromatic nitrogens is 5. The number of carbonyl (C=O) groups excluding carboxylic acids is 1. The first-order valence-electron chi connectivity index (χ1n) is 9.38. The van der Waals surface area contributed by atoms with Crippen LogP contribution in [0.5, 0.6) is 0 Å². The van der Waals surface area contributed by atoms with Gasteiger partial charge in [0.2, 0.25) is 0 Å². The molecule has 0 fully saturated rings. The van der Waals surface area contributed by atoms with E-state index >= 15 is 0 Å². The van der Waals surface area contributed by atoms with Crippen molar-refractivity contribution in [3.8, 4) is 5.69 Å². The minimum absolute atomic E-state index is 0.301.